The van der Waals surface area contributed by atoms with Crippen LogP contribution in [-0.2, 0) is 0 Å². The number of nitrogen functional groups attached to an aromatic ring is 1. The van der Waals surface area contributed by atoms with Crippen LogP contribution in [0.3, 0.4) is 0 Å². The van der Waals surface area contributed by atoms with Crippen LogP contribution < -0.4 is 11.1 Å². The zero-order chi connectivity index (χ0) is 13.3. The first-order valence-electron chi connectivity index (χ1n) is 5.56. The molecule has 2 rings (SSSR count). The van der Waals surface area contributed by atoms with Crippen molar-refractivity contribution >= 4 is 17.1 Å². The fraction of sp³-hybridized carbons (Fsp3) is 0.143. The number of nitrogens with one attached hydrogen (secondary N) is 1. The van der Waals surface area contributed by atoms with Gasteiger partial charge in [0.25, 0.3) is 0 Å². The van der Waals surface area contributed by atoms with Crippen LogP contribution in [0.25, 0.3) is 0 Å². The Morgan fingerprint density at radius 3 is 2.28 bits per heavy atom. The molecule has 4 heteroatoms. The molecule has 0 unspecified atom stereocenters. The highest BCUT2D eigenvalue weighted by Crippen LogP contribution is 2.27. The minimum absolute atomic E-state index is 0.462. The predicted molar refractivity (Wildman–Crippen MR) is 70.0 cm³/mol. The first-order valence-corrected chi connectivity index (χ1v) is 5.56. The minimum Gasteiger partial charge on any atom is -0.397 e. The molecule has 0 aromatic heterocycles. The van der Waals surface area contributed by atoms with Crippen molar-refractivity contribution < 1.29 is 8.78 Å². The monoisotopic (exact) mass is 248 g/mol. The van der Waals surface area contributed by atoms with E-state index in [2.05, 4.69) is 5.32 Å². The van der Waals surface area contributed by atoms with Crippen LogP contribution in [-0.4, -0.2) is 0 Å². The number of hydrogen-bond acceptors (Lipinski definition) is 2. The maximum absolute atomic E-state index is 13.1. The second-order valence-corrected chi connectivity index (χ2v) is 4.28. The largest absolute Gasteiger partial charge is 0.397 e. The highest BCUT2D eigenvalue weighted by atomic mass is 19.2. The molecule has 0 saturated heterocycles. The van der Waals surface area contributed by atoms with Crippen LogP contribution in [0.1, 0.15) is 11.1 Å². The van der Waals surface area contributed by atoms with E-state index < -0.39 is 11.6 Å². The third-order valence-corrected chi connectivity index (χ3v) is 2.86. The van der Waals surface area contributed by atoms with Crippen LogP contribution >= 0.6 is 0 Å². The van der Waals surface area contributed by atoms with E-state index in [0.717, 1.165) is 23.3 Å². The first-order chi connectivity index (χ1) is 8.47. The summed E-state index contributed by atoms with van der Waals surface area (Å²) in [5, 5.41) is 2.98. The Kier molecular flexibility index (Phi) is 3.19. The van der Waals surface area contributed by atoms with Crippen LogP contribution in [0.2, 0.25) is 0 Å². The summed E-state index contributed by atoms with van der Waals surface area (Å²) in [6, 6.07) is 7.37. The SMILES string of the molecule is Cc1cc(N)c(Nc2ccc(F)c(F)c2)cc1C. The Hall–Kier alpha value is -2.10. The smallest absolute Gasteiger partial charge is 0.160 e. The normalized spacial score (nSPS) is 10.4. The molecule has 0 radical (unpaired) electrons. The number of benzene rings is 2. The van der Waals surface area contributed by atoms with E-state index in [1.807, 2.05) is 26.0 Å². The van der Waals surface area contributed by atoms with Gasteiger partial charge in [0.15, 0.2) is 11.6 Å². The van der Waals surface area contributed by atoms with Gasteiger partial charge in [-0.05, 0) is 49.2 Å². The lowest BCUT2D eigenvalue weighted by atomic mass is 10.1. The van der Waals surface area contributed by atoms with Crippen molar-refractivity contribution in [3.63, 3.8) is 0 Å². The van der Waals surface area contributed by atoms with Crippen molar-refractivity contribution in [2.75, 3.05) is 11.1 Å². The Morgan fingerprint density at radius 2 is 1.61 bits per heavy atom. The molecule has 0 bridgehead atoms. The number of halogens is 2. The lowest BCUT2D eigenvalue weighted by molar-refractivity contribution is 0.509. The fourth-order valence-corrected chi connectivity index (χ4v) is 1.68. The van der Waals surface area contributed by atoms with Crippen LogP contribution in [0.15, 0.2) is 30.3 Å². The first kappa shape index (κ1) is 12.4. The number of hydrogen-bond donors (Lipinski definition) is 2. The molecule has 0 aliphatic heterocycles. The zero-order valence-electron chi connectivity index (χ0n) is 10.2. The Bertz CT molecular complexity index is 595. The van der Waals surface area contributed by atoms with Crippen LogP contribution in [0, 0.1) is 25.5 Å². The minimum atomic E-state index is -0.887. The highest BCUT2D eigenvalue weighted by molar-refractivity contribution is 5.74. The summed E-state index contributed by atoms with van der Waals surface area (Å²) in [7, 11) is 0. The highest BCUT2D eigenvalue weighted by Gasteiger charge is 2.06. The molecule has 0 aliphatic rings. The van der Waals surface area contributed by atoms with Gasteiger partial charge in [-0.2, -0.15) is 0 Å². The topological polar surface area (TPSA) is 38.0 Å². The molecular weight excluding hydrogens is 234 g/mol. The lowest BCUT2D eigenvalue weighted by Crippen LogP contribution is -1.99. The van der Waals surface area contributed by atoms with Gasteiger partial charge in [-0.1, -0.05) is 0 Å². The van der Waals surface area contributed by atoms with Crippen molar-refractivity contribution in [1.82, 2.24) is 0 Å². The Balaban J connectivity index is 2.34. The summed E-state index contributed by atoms with van der Waals surface area (Å²) >= 11 is 0. The maximum Gasteiger partial charge on any atom is 0.160 e. The molecule has 3 N–H and O–H groups in total. The summed E-state index contributed by atoms with van der Waals surface area (Å²) in [6.07, 6.45) is 0. The van der Waals surface area contributed by atoms with Gasteiger partial charge < -0.3 is 11.1 Å². The van der Waals surface area contributed by atoms with Crippen LogP contribution in [0.4, 0.5) is 25.8 Å². The molecule has 94 valence electrons. The molecule has 0 atom stereocenters. The van der Waals surface area contributed by atoms with Gasteiger partial charge >= 0.3 is 0 Å². The van der Waals surface area contributed by atoms with Crippen molar-refractivity contribution in [1.29, 1.82) is 0 Å². The second-order valence-electron chi connectivity index (χ2n) is 4.28. The zero-order valence-corrected chi connectivity index (χ0v) is 10.2. The van der Waals surface area contributed by atoms with Gasteiger partial charge in [0.1, 0.15) is 0 Å². The fourth-order valence-electron chi connectivity index (χ4n) is 1.68. The molecule has 0 spiro atoms. The quantitative estimate of drug-likeness (QED) is 0.791. The van der Waals surface area contributed by atoms with E-state index in [1.165, 1.54) is 6.07 Å². The number of rotatable bonds is 2. The van der Waals surface area contributed by atoms with Gasteiger partial charge in [0, 0.05) is 11.8 Å². The van der Waals surface area contributed by atoms with Gasteiger partial charge in [0.05, 0.1) is 11.4 Å². The van der Waals surface area contributed by atoms with E-state index in [9.17, 15) is 8.78 Å². The average molecular weight is 248 g/mol. The van der Waals surface area contributed by atoms with Crippen molar-refractivity contribution in [3.05, 3.63) is 53.1 Å². The Morgan fingerprint density at radius 1 is 0.944 bits per heavy atom. The Labute approximate surface area is 104 Å². The molecule has 2 aromatic rings. The second kappa shape index (κ2) is 4.64. The molecule has 0 fully saturated rings. The summed E-state index contributed by atoms with van der Waals surface area (Å²) in [6.45, 7) is 3.93. The van der Waals surface area contributed by atoms with Crippen molar-refractivity contribution in [2.45, 2.75) is 13.8 Å². The van der Waals surface area contributed by atoms with Crippen molar-refractivity contribution in [2.24, 2.45) is 0 Å². The number of anilines is 3. The van der Waals surface area contributed by atoms with Gasteiger partial charge in [-0.15, -0.1) is 0 Å². The standard InChI is InChI=1S/C14H14F2N2/c1-8-5-13(17)14(6-9(8)2)18-10-3-4-11(15)12(16)7-10/h3-7,18H,17H2,1-2H3. The summed E-state index contributed by atoms with van der Waals surface area (Å²) in [5.74, 6) is -1.75. The van der Waals surface area contributed by atoms with Gasteiger partial charge in [-0.3, -0.25) is 0 Å². The van der Waals surface area contributed by atoms with Crippen molar-refractivity contribution in [3.8, 4) is 0 Å². The molecule has 2 aromatic carbocycles. The number of aryl methyl sites for hydroxylation is 2. The average Bonchev–Trinajstić information content (AvgIpc) is 2.31. The van der Waals surface area contributed by atoms with Gasteiger partial charge in [0.2, 0.25) is 0 Å². The molecular formula is C14H14F2N2. The summed E-state index contributed by atoms with van der Waals surface area (Å²) in [4.78, 5) is 0. The van der Waals surface area contributed by atoms with Crippen LogP contribution in [0.5, 0.6) is 0 Å². The van der Waals surface area contributed by atoms with E-state index in [1.54, 1.807) is 0 Å². The van der Waals surface area contributed by atoms with E-state index in [4.69, 9.17) is 5.73 Å². The molecule has 0 saturated carbocycles. The molecule has 2 nitrogen and oxygen atoms in total. The predicted octanol–water partition coefficient (Wildman–Crippen LogP) is 3.91. The third-order valence-electron chi connectivity index (χ3n) is 2.86. The van der Waals surface area contributed by atoms with E-state index in [-0.39, 0.29) is 0 Å². The summed E-state index contributed by atoms with van der Waals surface area (Å²) < 4.78 is 25.9. The summed E-state index contributed by atoms with van der Waals surface area (Å²) in [5.41, 5.74) is 9.76. The third kappa shape index (κ3) is 2.42. The van der Waals surface area contributed by atoms with E-state index >= 15 is 0 Å². The van der Waals surface area contributed by atoms with E-state index in [0.29, 0.717) is 17.1 Å². The molecule has 0 amide bonds. The molecule has 18 heavy (non-hydrogen) atoms. The molecule has 0 aliphatic carbocycles. The lowest BCUT2D eigenvalue weighted by Gasteiger charge is -2.12. The maximum atomic E-state index is 13.1. The van der Waals surface area contributed by atoms with Gasteiger partial charge in [-0.25, -0.2) is 8.78 Å². The number of nitrogens with two attached hydrogens (primary N) is 1. The molecule has 0 heterocycles.